The number of carbonyl (C=O) groups excluding carboxylic acids is 3. The molecule has 1 aliphatic heterocycles. The second-order valence-corrected chi connectivity index (χ2v) is 5.23. The molecular weight excluding hydrogens is 296 g/mol. The number of hydrogen-bond acceptors (Lipinski definition) is 5. The van der Waals surface area contributed by atoms with Gasteiger partial charge in [-0.2, -0.15) is 5.26 Å². The van der Waals surface area contributed by atoms with Crippen molar-refractivity contribution < 1.29 is 19.1 Å². The van der Waals surface area contributed by atoms with E-state index in [2.05, 4.69) is 6.58 Å². The molecule has 1 fully saturated rings. The van der Waals surface area contributed by atoms with Gasteiger partial charge in [-0.3, -0.25) is 19.3 Å². The average molecular weight is 312 g/mol. The number of benzene rings is 1. The number of nitriles is 1. The van der Waals surface area contributed by atoms with Crippen LogP contribution in [0.3, 0.4) is 0 Å². The molecule has 2 rings (SSSR count). The minimum absolute atomic E-state index is 0.0670. The van der Waals surface area contributed by atoms with Gasteiger partial charge in [0, 0.05) is 6.42 Å². The minimum atomic E-state index is -1.74. The van der Waals surface area contributed by atoms with Crippen LogP contribution in [0.25, 0.3) is 0 Å². The maximum atomic E-state index is 12.7. The van der Waals surface area contributed by atoms with E-state index in [0.717, 1.165) is 12.0 Å². The van der Waals surface area contributed by atoms with E-state index >= 15 is 0 Å². The normalized spacial score (nSPS) is 19.8. The third-order valence-electron chi connectivity index (χ3n) is 3.97. The summed E-state index contributed by atoms with van der Waals surface area (Å²) in [6.07, 6.45) is 1.09. The van der Waals surface area contributed by atoms with Crippen molar-refractivity contribution in [3.05, 3.63) is 43.0 Å². The molecule has 0 spiro atoms. The molecule has 0 aliphatic carbocycles. The van der Waals surface area contributed by atoms with Crippen LogP contribution in [0.2, 0.25) is 0 Å². The van der Waals surface area contributed by atoms with Crippen LogP contribution in [-0.2, 0) is 19.1 Å². The molecule has 23 heavy (non-hydrogen) atoms. The number of anilines is 1. The quantitative estimate of drug-likeness (QED) is 0.470. The van der Waals surface area contributed by atoms with E-state index in [1.54, 1.807) is 30.3 Å². The van der Waals surface area contributed by atoms with Gasteiger partial charge in [-0.1, -0.05) is 24.3 Å². The Labute approximate surface area is 134 Å². The van der Waals surface area contributed by atoms with Crippen LogP contribution >= 0.6 is 0 Å². The molecule has 0 unspecified atom stereocenters. The summed E-state index contributed by atoms with van der Waals surface area (Å²) in [5.74, 6) is -2.94. The second kappa shape index (κ2) is 6.44. The molecule has 2 amide bonds. The number of methoxy groups -OCH3 is 1. The van der Waals surface area contributed by atoms with Gasteiger partial charge in [0.1, 0.15) is 0 Å². The smallest absolute Gasteiger partial charge is 0.327 e. The van der Waals surface area contributed by atoms with Crippen LogP contribution in [-0.4, -0.2) is 24.9 Å². The van der Waals surface area contributed by atoms with Gasteiger partial charge >= 0.3 is 5.97 Å². The summed E-state index contributed by atoms with van der Waals surface area (Å²) in [5, 5.41) is 9.55. The van der Waals surface area contributed by atoms with E-state index in [0.29, 0.717) is 5.69 Å². The lowest BCUT2D eigenvalue weighted by molar-refractivity contribution is -0.154. The van der Waals surface area contributed by atoms with Gasteiger partial charge in [0.15, 0.2) is 5.41 Å². The van der Waals surface area contributed by atoms with Crippen molar-refractivity contribution in [2.75, 3.05) is 12.0 Å². The van der Waals surface area contributed by atoms with Gasteiger partial charge in [-0.05, 0) is 18.6 Å². The number of allylic oxidation sites excluding steroid dienone is 1. The second-order valence-electron chi connectivity index (χ2n) is 5.23. The van der Waals surface area contributed by atoms with Crippen molar-refractivity contribution in [3.8, 4) is 6.07 Å². The third kappa shape index (κ3) is 2.61. The zero-order valence-electron chi connectivity index (χ0n) is 12.7. The molecule has 1 aromatic rings. The van der Waals surface area contributed by atoms with E-state index < -0.39 is 29.1 Å². The summed E-state index contributed by atoms with van der Waals surface area (Å²) >= 11 is 0. The number of amides is 2. The lowest BCUT2D eigenvalue weighted by Crippen LogP contribution is -2.42. The molecule has 1 aliphatic rings. The molecule has 2 atom stereocenters. The minimum Gasteiger partial charge on any atom is -0.468 e. The Hall–Kier alpha value is -2.94. The number of ether oxygens (including phenoxy) is 1. The molecule has 0 N–H and O–H groups in total. The highest BCUT2D eigenvalue weighted by molar-refractivity contribution is 6.22. The van der Waals surface area contributed by atoms with Gasteiger partial charge in [-0.25, -0.2) is 0 Å². The first-order valence-corrected chi connectivity index (χ1v) is 7.04. The fourth-order valence-electron chi connectivity index (χ4n) is 2.81. The summed E-state index contributed by atoms with van der Waals surface area (Å²) in [4.78, 5) is 38.2. The highest BCUT2D eigenvalue weighted by Gasteiger charge is 2.56. The monoisotopic (exact) mass is 312 g/mol. The Bertz CT molecular complexity index is 692. The molecule has 1 heterocycles. The van der Waals surface area contributed by atoms with Gasteiger partial charge < -0.3 is 4.74 Å². The lowest BCUT2D eigenvalue weighted by Gasteiger charge is -2.27. The third-order valence-corrected chi connectivity index (χ3v) is 3.97. The Morgan fingerprint density at radius 2 is 2.13 bits per heavy atom. The largest absolute Gasteiger partial charge is 0.468 e. The topological polar surface area (TPSA) is 87.5 Å². The molecule has 1 saturated heterocycles. The molecule has 118 valence electrons. The number of hydrogen-bond donors (Lipinski definition) is 0. The number of carbonyl (C=O) groups is 3. The van der Waals surface area contributed by atoms with Crippen molar-refractivity contribution in [1.82, 2.24) is 0 Å². The number of para-hydroxylation sites is 1. The maximum Gasteiger partial charge on any atom is 0.327 e. The number of rotatable bonds is 5. The standard InChI is InChI=1S/C17H16N2O4/c1-3-9-17(11-18,16(22)23-2)13-10-14(20)19(15(13)21)12-7-5-4-6-8-12/h3-8,13H,1,9-10H2,2H3/t13-,17+/m1/s1. The van der Waals surface area contributed by atoms with Crippen LogP contribution in [0.1, 0.15) is 12.8 Å². The fourth-order valence-corrected chi connectivity index (χ4v) is 2.81. The van der Waals surface area contributed by atoms with Gasteiger partial charge in [0.2, 0.25) is 11.8 Å². The first kappa shape index (κ1) is 16.4. The summed E-state index contributed by atoms with van der Waals surface area (Å²) in [6.45, 7) is 3.53. The van der Waals surface area contributed by atoms with Crippen LogP contribution < -0.4 is 4.90 Å². The fraction of sp³-hybridized carbons (Fsp3) is 0.294. The van der Waals surface area contributed by atoms with Gasteiger partial charge in [-0.15, -0.1) is 6.58 Å². The SMILES string of the molecule is C=CC[C@@](C#N)(C(=O)OC)[C@@H]1CC(=O)N(c2ccccc2)C1=O. The van der Waals surface area contributed by atoms with E-state index in [1.807, 2.05) is 6.07 Å². The number of esters is 1. The Morgan fingerprint density at radius 1 is 1.48 bits per heavy atom. The van der Waals surface area contributed by atoms with Crippen molar-refractivity contribution in [1.29, 1.82) is 5.26 Å². The maximum absolute atomic E-state index is 12.7. The first-order chi connectivity index (χ1) is 11.0. The van der Waals surface area contributed by atoms with Crippen molar-refractivity contribution in [2.24, 2.45) is 11.3 Å². The Morgan fingerprint density at radius 3 is 2.65 bits per heavy atom. The molecule has 0 saturated carbocycles. The Balaban J connectivity index is 2.46. The number of nitrogens with zero attached hydrogens (tertiary/aromatic N) is 2. The van der Waals surface area contributed by atoms with Crippen LogP contribution in [0.15, 0.2) is 43.0 Å². The molecule has 6 nitrogen and oxygen atoms in total. The van der Waals surface area contributed by atoms with Crippen molar-refractivity contribution in [3.63, 3.8) is 0 Å². The Kier molecular flexibility index (Phi) is 4.60. The van der Waals surface area contributed by atoms with E-state index in [1.165, 1.54) is 6.08 Å². The first-order valence-electron chi connectivity index (χ1n) is 7.04. The average Bonchev–Trinajstić information content (AvgIpc) is 2.87. The summed E-state index contributed by atoms with van der Waals surface area (Å²) in [5.41, 5.74) is -1.33. The zero-order chi connectivity index (χ0) is 17.0. The number of imide groups is 1. The van der Waals surface area contributed by atoms with E-state index in [-0.39, 0.29) is 12.8 Å². The molecular formula is C17H16N2O4. The predicted octanol–water partition coefficient (Wildman–Crippen LogP) is 1.83. The van der Waals surface area contributed by atoms with Crippen LogP contribution in [0, 0.1) is 22.7 Å². The van der Waals surface area contributed by atoms with Gasteiger partial charge in [0.05, 0.1) is 24.8 Å². The molecule has 0 bridgehead atoms. The van der Waals surface area contributed by atoms with E-state index in [4.69, 9.17) is 4.74 Å². The molecule has 0 aromatic heterocycles. The summed E-state index contributed by atoms with van der Waals surface area (Å²) in [6, 6.07) is 10.3. The molecule has 1 aromatic carbocycles. The van der Waals surface area contributed by atoms with E-state index in [9.17, 15) is 19.6 Å². The van der Waals surface area contributed by atoms with Gasteiger partial charge in [0.25, 0.3) is 0 Å². The predicted molar refractivity (Wildman–Crippen MR) is 81.9 cm³/mol. The lowest BCUT2D eigenvalue weighted by atomic mass is 9.73. The van der Waals surface area contributed by atoms with Crippen LogP contribution in [0.4, 0.5) is 5.69 Å². The summed E-state index contributed by atoms with van der Waals surface area (Å²) < 4.78 is 4.70. The highest BCUT2D eigenvalue weighted by Crippen LogP contribution is 2.41. The zero-order valence-corrected chi connectivity index (χ0v) is 12.7. The summed E-state index contributed by atoms with van der Waals surface area (Å²) in [7, 11) is 1.15. The highest BCUT2D eigenvalue weighted by atomic mass is 16.5. The van der Waals surface area contributed by atoms with Crippen LogP contribution in [0.5, 0.6) is 0 Å². The van der Waals surface area contributed by atoms with Crippen molar-refractivity contribution in [2.45, 2.75) is 12.8 Å². The van der Waals surface area contributed by atoms with Crippen molar-refractivity contribution >= 4 is 23.5 Å². The molecule has 6 heteroatoms. The molecule has 0 radical (unpaired) electrons.